The molecule has 2 aromatic carbocycles. The summed E-state index contributed by atoms with van der Waals surface area (Å²) in [6.45, 7) is 0. The molecule has 3 nitrogen and oxygen atoms in total. The summed E-state index contributed by atoms with van der Waals surface area (Å²) < 4.78 is 5.13. The van der Waals surface area contributed by atoms with E-state index in [1.54, 1.807) is 13.2 Å². The maximum Gasteiger partial charge on any atom is 0.244 e. The van der Waals surface area contributed by atoms with Crippen LogP contribution in [-0.2, 0) is 11.2 Å². The lowest BCUT2D eigenvalue weighted by atomic mass is 9.88. The minimum Gasteiger partial charge on any atom is -0.497 e. The van der Waals surface area contributed by atoms with Crippen LogP contribution in [0.5, 0.6) is 5.75 Å². The summed E-state index contributed by atoms with van der Waals surface area (Å²) in [5.74, 6) is 0.757. The van der Waals surface area contributed by atoms with Gasteiger partial charge in [-0.3, -0.25) is 4.79 Å². The topological polar surface area (TPSA) is 38.3 Å². The van der Waals surface area contributed by atoms with Crippen LogP contribution in [0.3, 0.4) is 0 Å². The first kappa shape index (κ1) is 15.3. The van der Waals surface area contributed by atoms with Gasteiger partial charge in [-0.2, -0.15) is 0 Å². The molecule has 1 amide bonds. The molecule has 3 heteroatoms. The van der Waals surface area contributed by atoms with Gasteiger partial charge in [-0.15, -0.1) is 0 Å². The first-order valence-electron chi connectivity index (χ1n) is 7.97. The Labute approximate surface area is 137 Å². The van der Waals surface area contributed by atoms with Crippen LogP contribution in [0, 0.1) is 0 Å². The highest BCUT2D eigenvalue weighted by Crippen LogP contribution is 2.29. The summed E-state index contributed by atoms with van der Waals surface area (Å²) in [7, 11) is 1.64. The summed E-state index contributed by atoms with van der Waals surface area (Å²) in [5.41, 5.74) is 3.58. The van der Waals surface area contributed by atoms with Crippen molar-refractivity contribution in [3.8, 4) is 5.75 Å². The van der Waals surface area contributed by atoms with Crippen molar-refractivity contribution in [1.29, 1.82) is 0 Å². The molecule has 2 aromatic rings. The second-order valence-corrected chi connectivity index (χ2v) is 5.76. The van der Waals surface area contributed by atoms with E-state index in [2.05, 4.69) is 23.5 Å². The molecule has 0 fully saturated rings. The highest BCUT2D eigenvalue weighted by Gasteiger charge is 2.20. The van der Waals surface area contributed by atoms with E-state index in [1.165, 1.54) is 11.1 Å². The molecule has 0 aromatic heterocycles. The predicted octanol–water partition coefficient (Wildman–Crippen LogP) is 3.90. The molecule has 0 spiro atoms. The number of methoxy groups -OCH3 is 1. The van der Waals surface area contributed by atoms with E-state index in [4.69, 9.17) is 4.74 Å². The molecular formula is C20H21NO2. The summed E-state index contributed by atoms with van der Waals surface area (Å²) >= 11 is 0. The Balaban J connectivity index is 1.64. The Morgan fingerprint density at radius 3 is 2.74 bits per heavy atom. The normalized spacial score (nSPS) is 16.8. The molecule has 23 heavy (non-hydrogen) atoms. The Kier molecular flexibility index (Phi) is 4.77. The number of nitrogens with one attached hydrogen (secondary N) is 1. The Bertz CT molecular complexity index is 704. The smallest absolute Gasteiger partial charge is 0.244 e. The SMILES string of the molecule is COc1ccc(/C=C/C(=O)N[C@@H]2CCCc3ccccc32)cc1. The van der Waals surface area contributed by atoms with Crippen LogP contribution in [0.4, 0.5) is 0 Å². The predicted molar refractivity (Wildman–Crippen MR) is 92.3 cm³/mol. The van der Waals surface area contributed by atoms with Gasteiger partial charge in [-0.05, 0) is 54.2 Å². The number of carbonyl (C=O) groups is 1. The van der Waals surface area contributed by atoms with Crippen molar-refractivity contribution in [2.24, 2.45) is 0 Å². The molecule has 1 aliphatic rings. The number of hydrogen-bond acceptors (Lipinski definition) is 2. The van der Waals surface area contributed by atoms with Crippen LogP contribution in [0.2, 0.25) is 0 Å². The zero-order valence-corrected chi connectivity index (χ0v) is 13.3. The number of fused-ring (bicyclic) bond motifs is 1. The standard InChI is InChI=1S/C20H21NO2/c1-23-17-12-9-15(10-13-17)11-14-20(22)21-19-8-4-6-16-5-2-3-7-18(16)19/h2-3,5,7,9-14,19H,4,6,8H2,1H3,(H,21,22)/b14-11+/t19-/m1/s1. The first-order valence-corrected chi connectivity index (χ1v) is 7.97. The fourth-order valence-electron chi connectivity index (χ4n) is 3.01. The Morgan fingerprint density at radius 1 is 1.17 bits per heavy atom. The monoisotopic (exact) mass is 307 g/mol. The third-order valence-corrected chi connectivity index (χ3v) is 4.23. The average Bonchev–Trinajstić information content (AvgIpc) is 2.61. The zero-order valence-electron chi connectivity index (χ0n) is 13.3. The molecule has 0 heterocycles. The molecule has 3 rings (SSSR count). The largest absolute Gasteiger partial charge is 0.497 e. The molecule has 0 saturated heterocycles. The fourth-order valence-corrected chi connectivity index (χ4v) is 3.01. The van der Waals surface area contributed by atoms with Crippen LogP contribution < -0.4 is 10.1 Å². The van der Waals surface area contributed by atoms with Crippen LogP contribution in [0.25, 0.3) is 6.08 Å². The van der Waals surface area contributed by atoms with E-state index < -0.39 is 0 Å². The molecule has 0 radical (unpaired) electrons. The second kappa shape index (κ2) is 7.14. The highest BCUT2D eigenvalue weighted by atomic mass is 16.5. The Hall–Kier alpha value is -2.55. The van der Waals surface area contributed by atoms with Crippen molar-refractivity contribution in [2.75, 3.05) is 7.11 Å². The van der Waals surface area contributed by atoms with Gasteiger partial charge < -0.3 is 10.1 Å². The molecule has 1 atom stereocenters. The van der Waals surface area contributed by atoms with Crippen molar-refractivity contribution >= 4 is 12.0 Å². The number of carbonyl (C=O) groups excluding carboxylic acids is 1. The van der Waals surface area contributed by atoms with E-state index in [0.29, 0.717) is 0 Å². The number of amides is 1. The summed E-state index contributed by atoms with van der Waals surface area (Å²) in [6, 6.07) is 16.1. The molecule has 1 N–H and O–H groups in total. The van der Waals surface area contributed by atoms with Crippen LogP contribution in [-0.4, -0.2) is 13.0 Å². The summed E-state index contributed by atoms with van der Waals surface area (Å²) in [6.07, 6.45) is 6.63. The number of aryl methyl sites for hydroxylation is 1. The van der Waals surface area contributed by atoms with Gasteiger partial charge >= 0.3 is 0 Å². The van der Waals surface area contributed by atoms with Gasteiger partial charge in [-0.25, -0.2) is 0 Å². The van der Waals surface area contributed by atoms with E-state index in [1.807, 2.05) is 36.4 Å². The van der Waals surface area contributed by atoms with Crippen molar-refractivity contribution in [3.05, 3.63) is 71.3 Å². The number of benzene rings is 2. The lowest BCUT2D eigenvalue weighted by molar-refractivity contribution is -0.117. The van der Waals surface area contributed by atoms with Gasteiger partial charge in [0.2, 0.25) is 5.91 Å². The van der Waals surface area contributed by atoms with Crippen LogP contribution in [0.15, 0.2) is 54.6 Å². The lowest BCUT2D eigenvalue weighted by Crippen LogP contribution is -2.29. The maximum absolute atomic E-state index is 12.2. The Morgan fingerprint density at radius 2 is 1.96 bits per heavy atom. The molecule has 0 aliphatic heterocycles. The van der Waals surface area contributed by atoms with Crippen LogP contribution in [0.1, 0.15) is 35.6 Å². The molecule has 0 bridgehead atoms. The lowest BCUT2D eigenvalue weighted by Gasteiger charge is -2.25. The van der Waals surface area contributed by atoms with Gasteiger partial charge in [0.1, 0.15) is 5.75 Å². The van der Waals surface area contributed by atoms with E-state index in [9.17, 15) is 4.79 Å². The number of ether oxygens (including phenoxy) is 1. The van der Waals surface area contributed by atoms with E-state index >= 15 is 0 Å². The third kappa shape index (κ3) is 3.81. The average molecular weight is 307 g/mol. The fraction of sp³-hybridized carbons (Fsp3) is 0.250. The second-order valence-electron chi connectivity index (χ2n) is 5.76. The summed E-state index contributed by atoms with van der Waals surface area (Å²) in [5, 5.41) is 3.12. The molecule has 0 saturated carbocycles. The quantitative estimate of drug-likeness (QED) is 0.870. The maximum atomic E-state index is 12.2. The zero-order chi connectivity index (χ0) is 16.1. The van der Waals surface area contributed by atoms with Crippen molar-refractivity contribution in [2.45, 2.75) is 25.3 Å². The van der Waals surface area contributed by atoms with Gasteiger partial charge in [-0.1, -0.05) is 36.4 Å². The van der Waals surface area contributed by atoms with Gasteiger partial charge in [0.05, 0.1) is 13.2 Å². The third-order valence-electron chi connectivity index (χ3n) is 4.23. The minimum atomic E-state index is -0.0532. The number of hydrogen-bond donors (Lipinski definition) is 1. The van der Waals surface area contributed by atoms with Gasteiger partial charge in [0.15, 0.2) is 0 Å². The first-order chi connectivity index (χ1) is 11.3. The molecule has 0 unspecified atom stereocenters. The van der Waals surface area contributed by atoms with Gasteiger partial charge in [0, 0.05) is 6.08 Å². The van der Waals surface area contributed by atoms with E-state index in [0.717, 1.165) is 30.6 Å². The van der Waals surface area contributed by atoms with Gasteiger partial charge in [0.25, 0.3) is 0 Å². The van der Waals surface area contributed by atoms with Crippen molar-refractivity contribution in [1.82, 2.24) is 5.32 Å². The summed E-state index contributed by atoms with van der Waals surface area (Å²) in [4.78, 5) is 12.2. The molecular weight excluding hydrogens is 286 g/mol. The van der Waals surface area contributed by atoms with E-state index in [-0.39, 0.29) is 11.9 Å². The van der Waals surface area contributed by atoms with Crippen molar-refractivity contribution in [3.63, 3.8) is 0 Å². The molecule has 1 aliphatic carbocycles. The highest BCUT2D eigenvalue weighted by molar-refractivity contribution is 5.92. The van der Waals surface area contributed by atoms with Crippen molar-refractivity contribution < 1.29 is 9.53 Å². The molecule has 118 valence electrons. The minimum absolute atomic E-state index is 0.0532. The number of rotatable bonds is 4. The van der Waals surface area contributed by atoms with Crippen LogP contribution >= 0.6 is 0 Å².